The molecule has 0 saturated carbocycles. The van der Waals surface area contributed by atoms with E-state index in [1.807, 2.05) is 13.8 Å². The number of ether oxygens (including phenoxy) is 1. The number of guanidine groups is 1. The topological polar surface area (TPSA) is 50.8 Å². The molecular formula is C17H26F3N3O. The van der Waals surface area contributed by atoms with E-state index in [1.165, 1.54) is 12.1 Å². The molecular weight excluding hydrogens is 319 g/mol. The van der Waals surface area contributed by atoms with Crippen LogP contribution in [0.5, 0.6) is 5.75 Å². The summed E-state index contributed by atoms with van der Waals surface area (Å²) < 4.78 is 45.5. The van der Waals surface area contributed by atoms with Crippen LogP contribution in [0.15, 0.2) is 23.2 Å². The summed E-state index contributed by atoms with van der Waals surface area (Å²) in [5.74, 6) is 0.419. The maximum atomic E-state index is 13.3. The average molecular weight is 345 g/mol. The molecule has 0 aromatic heterocycles. The Morgan fingerprint density at radius 3 is 2.21 bits per heavy atom. The molecule has 1 rings (SSSR count). The number of hydrogen-bond acceptors (Lipinski definition) is 2. The minimum atomic E-state index is -4.48. The monoisotopic (exact) mass is 345 g/mol. The predicted molar refractivity (Wildman–Crippen MR) is 90.1 cm³/mol. The van der Waals surface area contributed by atoms with Crippen LogP contribution in [0.1, 0.15) is 45.7 Å². The second-order valence-electron chi connectivity index (χ2n) is 6.38. The first-order valence-corrected chi connectivity index (χ1v) is 7.92. The lowest BCUT2D eigenvalue weighted by atomic mass is 10.1. The summed E-state index contributed by atoms with van der Waals surface area (Å²) in [6.07, 6.45) is -4.48. The third-order valence-electron chi connectivity index (χ3n) is 3.31. The number of halogens is 3. The molecule has 0 fully saturated rings. The van der Waals surface area contributed by atoms with Crippen molar-refractivity contribution in [3.8, 4) is 5.75 Å². The number of benzene rings is 1. The number of nitrogens with zero attached hydrogens (tertiary/aromatic N) is 2. The van der Waals surface area contributed by atoms with Crippen LogP contribution < -0.4 is 10.5 Å². The van der Waals surface area contributed by atoms with Gasteiger partial charge in [-0.05, 0) is 52.3 Å². The minimum absolute atomic E-state index is 0.0684. The molecule has 0 unspecified atom stereocenters. The van der Waals surface area contributed by atoms with Crippen molar-refractivity contribution in [2.45, 2.75) is 52.9 Å². The van der Waals surface area contributed by atoms with Gasteiger partial charge in [-0.1, -0.05) is 6.07 Å². The molecule has 0 aliphatic rings. The van der Waals surface area contributed by atoms with Crippen LogP contribution in [0.25, 0.3) is 0 Å². The second kappa shape index (κ2) is 7.77. The van der Waals surface area contributed by atoms with E-state index < -0.39 is 17.3 Å². The van der Waals surface area contributed by atoms with Crippen LogP contribution in [-0.2, 0) is 12.7 Å². The number of alkyl halides is 3. The zero-order valence-corrected chi connectivity index (χ0v) is 14.9. The average Bonchev–Trinajstić information content (AvgIpc) is 2.44. The molecule has 0 radical (unpaired) electrons. The van der Waals surface area contributed by atoms with Gasteiger partial charge in [-0.15, -0.1) is 0 Å². The van der Waals surface area contributed by atoms with Gasteiger partial charge in [0.2, 0.25) is 0 Å². The Labute approximate surface area is 141 Å². The molecule has 7 heteroatoms. The molecule has 0 bridgehead atoms. The van der Waals surface area contributed by atoms with Crippen LogP contribution in [0.3, 0.4) is 0 Å². The second-order valence-corrected chi connectivity index (χ2v) is 6.38. The van der Waals surface area contributed by atoms with E-state index in [-0.39, 0.29) is 23.8 Å². The first kappa shape index (κ1) is 20.1. The molecule has 4 nitrogen and oxygen atoms in total. The fourth-order valence-electron chi connectivity index (χ4n) is 2.19. The van der Waals surface area contributed by atoms with Crippen LogP contribution in [0.4, 0.5) is 13.2 Å². The van der Waals surface area contributed by atoms with E-state index in [0.29, 0.717) is 13.1 Å². The Morgan fingerprint density at radius 2 is 1.75 bits per heavy atom. The quantitative estimate of drug-likeness (QED) is 0.647. The van der Waals surface area contributed by atoms with Gasteiger partial charge >= 0.3 is 6.18 Å². The normalized spacial score (nSPS) is 13.1. The lowest BCUT2D eigenvalue weighted by molar-refractivity contribution is -0.138. The molecule has 0 aliphatic heterocycles. The lowest BCUT2D eigenvalue weighted by Gasteiger charge is -2.23. The van der Waals surface area contributed by atoms with E-state index in [4.69, 9.17) is 10.5 Å². The maximum Gasteiger partial charge on any atom is 0.416 e. The molecule has 0 aliphatic carbocycles. The highest BCUT2D eigenvalue weighted by molar-refractivity contribution is 5.78. The molecule has 24 heavy (non-hydrogen) atoms. The Balaban J connectivity index is 3.13. The third kappa shape index (κ3) is 5.94. The van der Waals surface area contributed by atoms with Gasteiger partial charge < -0.3 is 15.4 Å². The first-order valence-electron chi connectivity index (χ1n) is 7.92. The number of aliphatic imine (C=N–C) groups is 1. The van der Waals surface area contributed by atoms with Gasteiger partial charge in [0, 0.05) is 13.1 Å². The molecule has 0 spiro atoms. The van der Waals surface area contributed by atoms with Crippen LogP contribution in [0.2, 0.25) is 0 Å². The van der Waals surface area contributed by atoms with E-state index in [1.54, 1.807) is 25.7 Å². The highest BCUT2D eigenvalue weighted by Crippen LogP contribution is 2.35. The van der Waals surface area contributed by atoms with Gasteiger partial charge in [0.05, 0.1) is 12.1 Å². The Hall–Kier alpha value is -1.92. The Kier molecular flexibility index (Phi) is 6.51. The van der Waals surface area contributed by atoms with Gasteiger partial charge in [-0.3, -0.25) is 0 Å². The van der Waals surface area contributed by atoms with Crippen molar-refractivity contribution in [3.63, 3.8) is 0 Å². The van der Waals surface area contributed by atoms with Crippen molar-refractivity contribution in [2.75, 3.05) is 13.1 Å². The summed E-state index contributed by atoms with van der Waals surface area (Å²) in [6.45, 7) is 10.3. The zero-order chi connectivity index (χ0) is 18.5. The van der Waals surface area contributed by atoms with E-state index in [2.05, 4.69) is 4.99 Å². The van der Waals surface area contributed by atoms with Crippen molar-refractivity contribution in [3.05, 3.63) is 29.3 Å². The van der Waals surface area contributed by atoms with Gasteiger partial charge in [0.1, 0.15) is 11.4 Å². The SMILES string of the molecule is CCN(CC)C(N)=NCc1ccc(OC(C)(C)C)cc1C(F)(F)F. The largest absolute Gasteiger partial charge is 0.488 e. The molecule has 136 valence electrons. The lowest BCUT2D eigenvalue weighted by Crippen LogP contribution is -2.37. The molecule has 0 atom stereocenters. The summed E-state index contributed by atoms with van der Waals surface area (Å²) in [5, 5.41) is 0. The van der Waals surface area contributed by atoms with E-state index >= 15 is 0 Å². The Bertz CT molecular complexity index is 573. The van der Waals surface area contributed by atoms with Crippen LogP contribution in [0, 0.1) is 0 Å². The van der Waals surface area contributed by atoms with E-state index in [0.717, 1.165) is 6.07 Å². The zero-order valence-electron chi connectivity index (χ0n) is 14.9. The van der Waals surface area contributed by atoms with Crippen molar-refractivity contribution in [2.24, 2.45) is 10.7 Å². The maximum absolute atomic E-state index is 13.3. The smallest absolute Gasteiger partial charge is 0.416 e. The van der Waals surface area contributed by atoms with Crippen molar-refractivity contribution < 1.29 is 17.9 Å². The number of nitrogens with two attached hydrogens (primary N) is 1. The fraction of sp³-hybridized carbons (Fsp3) is 0.588. The molecule has 1 aromatic carbocycles. The molecule has 1 aromatic rings. The minimum Gasteiger partial charge on any atom is -0.488 e. The summed E-state index contributed by atoms with van der Waals surface area (Å²) in [7, 11) is 0. The standard InChI is InChI=1S/C17H26F3N3O/c1-6-23(7-2)15(21)22-11-12-8-9-13(24-16(3,4)5)10-14(12)17(18,19)20/h8-10H,6-7,11H2,1-5H3,(H2,21,22). The highest BCUT2D eigenvalue weighted by Gasteiger charge is 2.34. The summed E-state index contributed by atoms with van der Waals surface area (Å²) in [5.41, 5.74) is 4.57. The summed E-state index contributed by atoms with van der Waals surface area (Å²) >= 11 is 0. The summed E-state index contributed by atoms with van der Waals surface area (Å²) in [6, 6.07) is 3.94. The highest BCUT2D eigenvalue weighted by atomic mass is 19.4. The molecule has 0 heterocycles. The van der Waals surface area contributed by atoms with Crippen molar-refractivity contribution in [1.82, 2.24) is 4.90 Å². The molecule has 2 N–H and O–H groups in total. The van der Waals surface area contributed by atoms with E-state index in [9.17, 15) is 13.2 Å². The van der Waals surface area contributed by atoms with Gasteiger partial charge in [0.15, 0.2) is 5.96 Å². The van der Waals surface area contributed by atoms with Gasteiger partial charge in [-0.2, -0.15) is 13.2 Å². The third-order valence-corrected chi connectivity index (χ3v) is 3.31. The van der Waals surface area contributed by atoms with Crippen LogP contribution in [-0.4, -0.2) is 29.6 Å². The van der Waals surface area contributed by atoms with Gasteiger partial charge in [0.25, 0.3) is 0 Å². The van der Waals surface area contributed by atoms with Crippen molar-refractivity contribution >= 4 is 5.96 Å². The number of rotatable bonds is 5. The van der Waals surface area contributed by atoms with Crippen LogP contribution >= 0.6 is 0 Å². The number of hydrogen-bond donors (Lipinski definition) is 1. The van der Waals surface area contributed by atoms with Crippen molar-refractivity contribution in [1.29, 1.82) is 0 Å². The molecule has 0 saturated heterocycles. The predicted octanol–water partition coefficient (Wildman–Crippen LogP) is 4.04. The Morgan fingerprint density at radius 1 is 1.17 bits per heavy atom. The van der Waals surface area contributed by atoms with Gasteiger partial charge in [-0.25, -0.2) is 4.99 Å². The first-order chi connectivity index (χ1) is 11.0. The fourth-order valence-corrected chi connectivity index (χ4v) is 2.19. The summed E-state index contributed by atoms with van der Waals surface area (Å²) in [4.78, 5) is 5.88. The molecule has 0 amide bonds.